The Morgan fingerprint density at radius 1 is 1.50 bits per heavy atom. The van der Waals surface area contributed by atoms with E-state index in [1.54, 1.807) is 0 Å². The maximum absolute atomic E-state index is 10.8. The van der Waals surface area contributed by atoms with Crippen molar-refractivity contribution in [3.8, 4) is 0 Å². The van der Waals surface area contributed by atoms with Crippen molar-refractivity contribution in [2.24, 2.45) is 0 Å². The molecule has 0 radical (unpaired) electrons. The van der Waals surface area contributed by atoms with Crippen molar-refractivity contribution >= 4 is 9.84 Å². The predicted octanol–water partition coefficient (Wildman–Crippen LogP) is 0.539. The van der Waals surface area contributed by atoms with E-state index in [9.17, 15) is 8.42 Å². The van der Waals surface area contributed by atoms with Crippen molar-refractivity contribution in [3.63, 3.8) is 0 Å². The Balaban J connectivity index is 2.06. The van der Waals surface area contributed by atoms with Crippen LogP contribution in [0, 0.1) is 0 Å². The van der Waals surface area contributed by atoms with Crippen LogP contribution >= 0.6 is 0 Å². The van der Waals surface area contributed by atoms with Crippen LogP contribution in [0.4, 0.5) is 0 Å². The van der Waals surface area contributed by atoms with Gasteiger partial charge in [0.1, 0.15) is 9.84 Å². The normalized spacial score (nSPS) is 11.8. The van der Waals surface area contributed by atoms with Crippen LogP contribution in [0.5, 0.6) is 0 Å². The first kappa shape index (κ1) is 11.3. The molecule has 0 spiro atoms. The van der Waals surface area contributed by atoms with Crippen LogP contribution in [0.15, 0.2) is 18.3 Å². The molecular formula is C9H16N2O2S. The Morgan fingerprint density at radius 3 is 2.86 bits per heavy atom. The third-order valence-corrected chi connectivity index (χ3v) is 2.88. The molecule has 0 saturated carbocycles. The quantitative estimate of drug-likeness (QED) is 0.682. The largest absolute Gasteiger partial charge is 0.364 e. The van der Waals surface area contributed by atoms with Gasteiger partial charge in [-0.3, -0.25) is 0 Å². The molecule has 1 heterocycles. The van der Waals surface area contributed by atoms with E-state index in [2.05, 4.69) is 10.3 Å². The molecule has 0 aliphatic carbocycles. The summed E-state index contributed by atoms with van der Waals surface area (Å²) in [6, 6.07) is 3.93. The summed E-state index contributed by atoms with van der Waals surface area (Å²) in [5.74, 6) is 0.255. The van der Waals surface area contributed by atoms with Gasteiger partial charge in [-0.2, -0.15) is 0 Å². The Bertz CT molecular complexity index is 343. The third-order valence-electron chi connectivity index (χ3n) is 1.85. The summed E-state index contributed by atoms with van der Waals surface area (Å²) in [7, 11) is -2.81. The Morgan fingerprint density at radius 2 is 2.29 bits per heavy atom. The van der Waals surface area contributed by atoms with Gasteiger partial charge >= 0.3 is 0 Å². The summed E-state index contributed by atoms with van der Waals surface area (Å²) in [5, 5.41) is 3.16. The van der Waals surface area contributed by atoms with Gasteiger partial charge in [0.15, 0.2) is 0 Å². The van der Waals surface area contributed by atoms with E-state index < -0.39 is 9.84 Å². The van der Waals surface area contributed by atoms with E-state index in [1.807, 2.05) is 18.3 Å². The van der Waals surface area contributed by atoms with Crippen LogP contribution in [-0.4, -0.2) is 32.0 Å². The molecule has 0 amide bonds. The number of hydrogen-bond donors (Lipinski definition) is 2. The van der Waals surface area contributed by atoms with Crippen LogP contribution in [0.1, 0.15) is 12.1 Å². The summed E-state index contributed by atoms with van der Waals surface area (Å²) in [4.78, 5) is 3.06. The van der Waals surface area contributed by atoms with E-state index in [1.165, 1.54) is 6.26 Å². The molecule has 0 aliphatic rings. The second-order valence-corrected chi connectivity index (χ2v) is 5.62. The van der Waals surface area contributed by atoms with Crippen LogP contribution in [0.3, 0.4) is 0 Å². The van der Waals surface area contributed by atoms with Crippen LogP contribution in [0.2, 0.25) is 0 Å². The lowest BCUT2D eigenvalue weighted by Crippen LogP contribution is -2.17. The van der Waals surface area contributed by atoms with Gasteiger partial charge in [0.05, 0.1) is 5.75 Å². The Hall–Kier alpha value is -0.810. The van der Waals surface area contributed by atoms with Crippen LogP contribution in [0.25, 0.3) is 0 Å². The van der Waals surface area contributed by atoms with Gasteiger partial charge in [-0.25, -0.2) is 8.42 Å². The molecule has 0 saturated heterocycles. The fourth-order valence-electron chi connectivity index (χ4n) is 1.16. The number of sulfone groups is 1. The highest BCUT2D eigenvalue weighted by molar-refractivity contribution is 7.90. The number of aromatic amines is 1. The van der Waals surface area contributed by atoms with E-state index in [4.69, 9.17) is 0 Å². The third kappa shape index (κ3) is 5.04. The van der Waals surface area contributed by atoms with Gasteiger partial charge in [-0.05, 0) is 25.1 Å². The zero-order valence-electron chi connectivity index (χ0n) is 8.29. The van der Waals surface area contributed by atoms with Crippen molar-refractivity contribution in [2.75, 3.05) is 18.6 Å². The van der Waals surface area contributed by atoms with Crippen molar-refractivity contribution in [1.82, 2.24) is 10.3 Å². The van der Waals surface area contributed by atoms with Crippen molar-refractivity contribution < 1.29 is 8.42 Å². The molecule has 0 bridgehead atoms. The molecule has 80 valence electrons. The van der Waals surface area contributed by atoms with E-state index in [0.29, 0.717) is 6.42 Å². The van der Waals surface area contributed by atoms with Crippen LogP contribution in [-0.2, 0) is 16.4 Å². The van der Waals surface area contributed by atoms with Crippen molar-refractivity contribution in [1.29, 1.82) is 0 Å². The predicted molar refractivity (Wildman–Crippen MR) is 56.8 cm³/mol. The topological polar surface area (TPSA) is 62.0 Å². The molecule has 14 heavy (non-hydrogen) atoms. The molecule has 0 aliphatic heterocycles. The summed E-state index contributed by atoms with van der Waals surface area (Å²) in [6.45, 7) is 1.49. The smallest absolute Gasteiger partial charge is 0.147 e. The number of aromatic nitrogens is 1. The Kier molecular flexibility index (Phi) is 4.16. The molecular weight excluding hydrogens is 200 g/mol. The first-order valence-electron chi connectivity index (χ1n) is 4.58. The minimum atomic E-state index is -2.81. The summed E-state index contributed by atoms with van der Waals surface area (Å²) >= 11 is 0. The van der Waals surface area contributed by atoms with Gasteiger partial charge in [0, 0.05) is 24.7 Å². The fraction of sp³-hybridized carbons (Fsp3) is 0.556. The molecule has 0 fully saturated rings. The van der Waals surface area contributed by atoms with Gasteiger partial charge < -0.3 is 10.3 Å². The molecule has 4 nitrogen and oxygen atoms in total. The fourth-order valence-corrected chi connectivity index (χ4v) is 1.83. The minimum absolute atomic E-state index is 0.255. The molecule has 1 rings (SSSR count). The molecule has 5 heteroatoms. The average Bonchev–Trinajstić information content (AvgIpc) is 2.54. The summed E-state index contributed by atoms with van der Waals surface area (Å²) < 4.78 is 21.6. The van der Waals surface area contributed by atoms with Crippen molar-refractivity contribution in [2.45, 2.75) is 13.0 Å². The summed E-state index contributed by atoms with van der Waals surface area (Å²) in [6.07, 6.45) is 3.80. The molecule has 1 aromatic heterocycles. The van der Waals surface area contributed by atoms with Gasteiger partial charge in [-0.15, -0.1) is 0 Å². The maximum Gasteiger partial charge on any atom is 0.147 e. The van der Waals surface area contributed by atoms with E-state index in [-0.39, 0.29) is 5.75 Å². The summed E-state index contributed by atoms with van der Waals surface area (Å²) in [5.41, 5.74) is 1.12. The molecule has 1 aromatic rings. The second kappa shape index (κ2) is 5.17. The highest BCUT2D eigenvalue weighted by atomic mass is 32.2. The minimum Gasteiger partial charge on any atom is -0.364 e. The number of hydrogen-bond acceptors (Lipinski definition) is 3. The zero-order chi connectivity index (χ0) is 10.4. The monoisotopic (exact) mass is 216 g/mol. The molecule has 0 unspecified atom stereocenters. The maximum atomic E-state index is 10.8. The van der Waals surface area contributed by atoms with E-state index in [0.717, 1.165) is 18.8 Å². The van der Waals surface area contributed by atoms with Gasteiger partial charge in [0.2, 0.25) is 0 Å². The standard InChI is InChI=1S/C9H16N2O2S/c1-14(12,13)7-3-5-10-8-9-4-2-6-11-9/h2,4,6,10-11H,3,5,7-8H2,1H3. The molecule has 0 atom stereocenters. The highest BCUT2D eigenvalue weighted by Crippen LogP contribution is 1.93. The number of nitrogens with one attached hydrogen (secondary N) is 2. The molecule has 0 aromatic carbocycles. The molecule has 2 N–H and O–H groups in total. The lowest BCUT2D eigenvalue weighted by molar-refractivity contribution is 0.594. The lowest BCUT2D eigenvalue weighted by atomic mass is 10.4. The zero-order valence-corrected chi connectivity index (χ0v) is 9.10. The average molecular weight is 216 g/mol. The first-order valence-corrected chi connectivity index (χ1v) is 6.65. The second-order valence-electron chi connectivity index (χ2n) is 3.36. The lowest BCUT2D eigenvalue weighted by Gasteiger charge is -2.02. The number of rotatable bonds is 6. The van der Waals surface area contributed by atoms with Crippen molar-refractivity contribution in [3.05, 3.63) is 24.0 Å². The van der Waals surface area contributed by atoms with Gasteiger partial charge in [0.25, 0.3) is 0 Å². The van der Waals surface area contributed by atoms with E-state index >= 15 is 0 Å². The first-order chi connectivity index (χ1) is 6.58. The SMILES string of the molecule is CS(=O)(=O)CCCNCc1ccc[nH]1. The number of H-pyrrole nitrogens is 1. The van der Waals surface area contributed by atoms with Crippen LogP contribution < -0.4 is 5.32 Å². The highest BCUT2D eigenvalue weighted by Gasteiger charge is 2.00. The Labute approximate surface area is 84.6 Å². The van der Waals surface area contributed by atoms with Gasteiger partial charge in [-0.1, -0.05) is 0 Å².